The molecule has 3 rings (SSSR count). The van der Waals surface area contributed by atoms with Crippen molar-refractivity contribution < 1.29 is 9.21 Å². The molecule has 6 nitrogen and oxygen atoms in total. The molecule has 0 spiro atoms. The predicted octanol–water partition coefficient (Wildman–Crippen LogP) is 4.39. The first kappa shape index (κ1) is 20.5. The van der Waals surface area contributed by atoms with Gasteiger partial charge in [-0.05, 0) is 54.4 Å². The Morgan fingerprint density at radius 1 is 1.04 bits per heavy atom. The van der Waals surface area contributed by atoms with Gasteiger partial charge in [-0.1, -0.05) is 24.3 Å². The number of hydrogen-bond acceptors (Lipinski definition) is 3. The Kier molecular flexibility index (Phi) is 7.42. The van der Waals surface area contributed by atoms with E-state index in [0.717, 1.165) is 16.8 Å². The maximum atomic E-state index is 12.0. The molecular formula is C20H21IN4O2. The molecule has 27 heavy (non-hydrogen) atoms. The van der Waals surface area contributed by atoms with Crippen LogP contribution in [0.3, 0.4) is 0 Å². The van der Waals surface area contributed by atoms with Gasteiger partial charge in [-0.3, -0.25) is 4.79 Å². The number of nitrogens with zero attached hydrogens (tertiary/aromatic N) is 1. The van der Waals surface area contributed by atoms with E-state index in [-0.39, 0.29) is 35.6 Å². The molecule has 0 atom stereocenters. The van der Waals surface area contributed by atoms with Crippen LogP contribution < -0.4 is 16.4 Å². The molecule has 1 heterocycles. The summed E-state index contributed by atoms with van der Waals surface area (Å²) in [6.07, 6.45) is 1.46. The first-order valence-electron chi connectivity index (χ1n) is 8.17. The largest absolute Gasteiger partial charge is 0.459 e. The molecule has 0 fully saturated rings. The standard InChI is InChI=1S/C20H20N4O2.HI/c1-14-5-2-7-16(11-14)24-20(21)22-13-15-6-3-8-17(12-15)23-19(25)18-9-4-10-26-18;/h2-12H,13H2,1H3,(H,23,25)(H3,21,22,24);1H. The topological polar surface area (TPSA) is 92.6 Å². The third-order valence-corrected chi connectivity index (χ3v) is 3.65. The Morgan fingerprint density at radius 2 is 1.78 bits per heavy atom. The Balaban J connectivity index is 0.00000261. The number of benzene rings is 2. The van der Waals surface area contributed by atoms with Gasteiger partial charge in [0.05, 0.1) is 12.8 Å². The van der Waals surface area contributed by atoms with Crippen molar-refractivity contribution in [2.75, 3.05) is 10.6 Å². The third-order valence-electron chi connectivity index (χ3n) is 3.65. The van der Waals surface area contributed by atoms with Crippen LogP contribution >= 0.6 is 24.0 Å². The summed E-state index contributed by atoms with van der Waals surface area (Å²) < 4.78 is 5.08. The number of guanidine groups is 1. The van der Waals surface area contributed by atoms with Gasteiger partial charge in [-0.15, -0.1) is 24.0 Å². The fourth-order valence-corrected chi connectivity index (χ4v) is 2.43. The molecule has 0 aliphatic rings. The lowest BCUT2D eigenvalue weighted by Crippen LogP contribution is -2.22. The highest BCUT2D eigenvalue weighted by Crippen LogP contribution is 2.14. The molecule has 2 aromatic carbocycles. The zero-order chi connectivity index (χ0) is 18.4. The Labute approximate surface area is 174 Å². The van der Waals surface area contributed by atoms with Crippen molar-refractivity contribution in [3.63, 3.8) is 0 Å². The van der Waals surface area contributed by atoms with Crippen LogP contribution in [-0.4, -0.2) is 11.9 Å². The average Bonchev–Trinajstić information content (AvgIpc) is 3.15. The van der Waals surface area contributed by atoms with Crippen LogP contribution in [0, 0.1) is 6.92 Å². The molecule has 0 radical (unpaired) electrons. The smallest absolute Gasteiger partial charge is 0.291 e. The molecule has 140 valence electrons. The lowest BCUT2D eigenvalue weighted by atomic mass is 10.2. The van der Waals surface area contributed by atoms with Crippen molar-refractivity contribution in [1.29, 1.82) is 0 Å². The highest BCUT2D eigenvalue weighted by molar-refractivity contribution is 14.0. The number of nitrogens with one attached hydrogen (secondary N) is 2. The van der Waals surface area contributed by atoms with Gasteiger partial charge in [0.25, 0.3) is 5.91 Å². The maximum Gasteiger partial charge on any atom is 0.291 e. The van der Waals surface area contributed by atoms with E-state index in [0.29, 0.717) is 18.2 Å². The molecule has 7 heteroatoms. The number of nitrogens with two attached hydrogens (primary N) is 1. The van der Waals surface area contributed by atoms with E-state index in [1.165, 1.54) is 6.26 Å². The summed E-state index contributed by atoms with van der Waals surface area (Å²) in [6, 6.07) is 18.6. The summed E-state index contributed by atoms with van der Waals surface area (Å²) in [5, 5.41) is 5.85. The summed E-state index contributed by atoms with van der Waals surface area (Å²) in [5.41, 5.74) is 9.58. The number of aryl methyl sites for hydroxylation is 1. The van der Waals surface area contributed by atoms with Crippen LogP contribution in [0.4, 0.5) is 11.4 Å². The highest BCUT2D eigenvalue weighted by atomic mass is 127. The molecule has 0 unspecified atom stereocenters. The van der Waals surface area contributed by atoms with E-state index in [9.17, 15) is 4.79 Å². The molecule has 3 aromatic rings. The van der Waals surface area contributed by atoms with E-state index in [1.54, 1.807) is 12.1 Å². The second kappa shape index (κ2) is 9.77. The number of carbonyl (C=O) groups is 1. The molecule has 0 saturated carbocycles. The van der Waals surface area contributed by atoms with Crippen molar-refractivity contribution in [2.45, 2.75) is 13.5 Å². The highest BCUT2D eigenvalue weighted by Gasteiger charge is 2.08. The molecular weight excluding hydrogens is 455 g/mol. The lowest BCUT2D eigenvalue weighted by molar-refractivity contribution is 0.0996. The quantitative estimate of drug-likeness (QED) is 0.290. The van der Waals surface area contributed by atoms with E-state index in [2.05, 4.69) is 15.6 Å². The zero-order valence-electron chi connectivity index (χ0n) is 14.8. The fraction of sp³-hybridized carbons (Fsp3) is 0.100. The summed E-state index contributed by atoms with van der Waals surface area (Å²) in [7, 11) is 0. The second-order valence-corrected chi connectivity index (χ2v) is 5.83. The fourth-order valence-electron chi connectivity index (χ4n) is 2.43. The minimum atomic E-state index is -0.295. The predicted molar refractivity (Wildman–Crippen MR) is 119 cm³/mol. The van der Waals surface area contributed by atoms with Crippen molar-refractivity contribution >= 4 is 47.2 Å². The minimum absolute atomic E-state index is 0. The van der Waals surface area contributed by atoms with Crippen LogP contribution in [0.2, 0.25) is 0 Å². The molecule has 0 bridgehead atoms. The van der Waals surface area contributed by atoms with Gasteiger partial charge in [0.1, 0.15) is 0 Å². The van der Waals surface area contributed by atoms with Crippen LogP contribution in [0.15, 0.2) is 76.3 Å². The lowest BCUT2D eigenvalue weighted by Gasteiger charge is -2.07. The number of furan rings is 1. The van der Waals surface area contributed by atoms with Crippen LogP contribution in [0.5, 0.6) is 0 Å². The number of anilines is 2. The van der Waals surface area contributed by atoms with Gasteiger partial charge in [0.15, 0.2) is 11.7 Å². The number of rotatable bonds is 5. The monoisotopic (exact) mass is 476 g/mol. The normalized spacial score (nSPS) is 10.8. The Bertz CT molecular complexity index is 923. The van der Waals surface area contributed by atoms with Crippen molar-refractivity contribution in [1.82, 2.24) is 0 Å². The molecule has 1 aromatic heterocycles. The Morgan fingerprint density at radius 3 is 2.48 bits per heavy atom. The number of amides is 1. The van der Waals surface area contributed by atoms with Gasteiger partial charge in [-0.25, -0.2) is 4.99 Å². The van der Waals surface area contributed by atoms with Crippen molar-refractivity contribution in [3.8, 4) is 0 Å². The van der Waals surface area contributed by atoms with Crippen molar-refractivity contribution in [2.24, 2.45) is 10.7 Å². The number of aliphatic imine (C=N–C) groups is 1. The summed E-state index contributed by atoms with van der Waals surface area (Å²) in [5.74, 6) is 0.303. The minimum Gasteiger partial charge on any atom is -0.459 e. The van der Waals surface area contributed by atoms with E-state index in [4.69, 9.17) is 10.2 Å². The molecule has 0 aliphatic heterocycles. The van der Waals surface area contributed by atoms with Gasteiger partial charge < -0.3 is 20.8 Å². The summed E-state index contributed by atoms with van der Waals surface area (Å²) in [4.78, 5) is 16.4. The van der Waals surface area contributed by atoms with E-state index < -0.39 is 0 Å². The average molecular weight is 476 g/mol. The van der Waals surface area contributed by atoms with Crippen LogP contribution in [0.1, 0.15) is 21.7 Å². The number of halogens is 1. The second-order valence-electron chi connectivity index (χ2n) is 5.83. The number of hydrogen-bond donors (Lipinski definition) is 3. The Hall–Kier alpha value is -2.81. The van der Waals surface area contributed by atoms with Gasteiger partial charge in [-0.2, -0.15) is 0 Å². The van der Waals surface area contributed by atoms with Gasteiger partial charge >= 0.3 is 0 Å². The third kappa shape index (κ3) is 6.14. The molecule has 0 saturated heterocycles. The van der Waals surface area contributed by atoms with Crippen LogP contribution in [0.25, 0.3) is 0 Å². The summed E-state index contributed by atoms with van der Waals surface area (Å²) >= 11 is 0. The van der Waals surface area contributed by atoms with E-state index in [1.807, 2.05) is 55.5 Å². The zero-order valence-corrected chi connectivity index (χ0v) is 17.1. The van der Waals surface area contributed by atoms with Gasteiger partial charge in [0, 0.05) is 11.4 Å². The van der Waals surface area contributed by atoms with Gasteiger partial charge in [0.2, 0.25) is 0 Å². The summed E-state index contributed by atoms with van der Waals surface area (Å²) in [6.45, 7) is 2.41. The SMILES string of the molecule is Cc1cccc(NC(N)=NCc2cccc(NC(=O)c3ccco3)c2)c1.I. The molecule has 0 aliphatic carbocycles. The molecule has 4 N–H and O–H groups in total. The number of carbonyl (C=O) groups excluding carboxylic acids is 1. The van der Waals surface area contributed by atoms with Crippen molar-refractivity contribution in [3.05, 3.63) is 83.8 Å². The maximum absolute atomic E-state index is 12.0. The van der Waals surface area contributed by atoms with Crippen LogP contribution in [-0.2, 0) is 6.54 Å². The molecule has 1 amide bonds. The van der Waals surface area contributed by atoms with E-state index >= 15 is 0 Å². The first-order valence-corrected chi connectivity index (χ1v) is 8.17. The first-order chi connectivity index (χ1) is 12.6.